The molecule has 0 bridgehead atoms. The molecule has 0 aliphatic heterocycles. The van der Waals surface area contributed by atoms with Crippen LogP contribution in [-0.2, 0) is 16.1 Å². The predicted octanol–water partition coefficient (Wildman–Crippen LogP) is 0.566. The van der Waals surface area contributed by atoms with Gasteiger partial charge in [0.15, 0.2) is 0 Å². The molecule has 2 aromatic rings. The molecule has 0 spiro atoms. The van der Waals surface area contributed by atoms with E-state index in [1.165, 1.54) is 6.20 Å². The van der Waals surface area contributed by atoms with Crippen molar-refractivity contribution in [3.8, 4) is 11.4 Å². The lowest BCUT2D eigenvalue weighted by Gasteiger charge is -2.19. The number of aromatic nitrogens is 3. The second kappa shape index (κ2) is 7.60. The molecule has 0 aliphatic rings. The Morgan fingerprint density at radius 1 is 1.32 bits per heavy atom. The standard InChI is InChI=1S/C15H19N5O5/c1-15(2,3)24-14(23)18-7-10(21)17-8-11-19-12(20-25-11)9-5-4-6-16-13(9)22/h4-6H,7-8H2,1-3H3,(H,16,22)(H,17,21)(H,18,23). The summed E-state index contributed by atoms with van der Waals surface area (Å²) >= 11 is 0. The highest BCUT2D eigenvalue weighted by atomic mass is 16.6. The Bertz CT molecular complexity index is 805. The normalized spacial score (nSPS) is 11.0. The molecule has 134 valence electrons. The fourth-order valence-electron chi connectivity index (χ4n) is 1.74. The van der Waals surface area contributed by atoms with E-state index in [-0.39, 0.29) is 35.9 Å². The first-order valence-corrected chi connectivity index (χ1v) is 7.49. The number of rotatable bonds is 5. The molecule has 0 saturated heterocycles. The van der Waals surface area contributed by atoms with E-state index in [9.17, 15) is 14.4 Å². The van der Waals surface area contributed by atoms with Gasteiger partial charge in [0.1, 0.15) is 12.1 Å². The number of aromatic amines is 1. The number of ether oxygens (including phenoxy) is 1. The van der Waals surface area contributed by atoms with Crippen molar-refractivity contribution in [3.05, 3.63) is 34.6 Å². The summed E-state index contributed by atoms with van der Waals surface area (Å²) in [5, 5.41) is 8.53. The molecule has 25 heavy (non-hydrogen) atoms. The number of nitrogens with zero attached hydrogens (tertiary/aromatic N) is 2. The highest BCUT2D eigenvalue weighted by Crippen LogP contribution is 2.10. The van der Waals surface area contributed by atoms with Crippen LogP contribution in [-0.4, -0.2) is 39.3 Å². The zero-order valence-electron chi connectivity index (χ0n) is 14.1. The van der Waals surface area contributed by atoms with Gasteiger partial charge in [-0.2, -0.15) is 4.98 Å². The van der Waals surface area contributed by atoms with E-state index in [1.54, 1.807) is 32.9 Å². The van der Waals surface area contributed by atoms with E-state index in [0.29, 0.717) is 0 Å². The molecule has 0 radical (unpaired) electrons. The molecule has 2 rings (SSSR count). The lowest BCUT2D eigenvalue weighted by molar-refractivity contribution is -0.120. The largest absolute Gasteiger partial charge is 0.444 e. The van der Waals surface area contributed by atoms with Gasteiger partial charge in [-0.15, -0.1) is 0 Å². The molecule has 2 amide bonds. The van der Waals surface area contributed by atoms with Crippen molar-refractivity contribution in [1.82, 2.24) is 25.8 Å². The van der Waals surface area contributed by atoms with Crippen LogP contribution < -0.4 is 16.2 Å². The molecule has 0 unspecified atom stereocenters. The van der Waals surface area contributed by atoms with Crippen LogP contribution >= 0.6 is 0 Å². The lowest BCUT2D eigenvalue weighted by atomic mass is 10.2. The molecule has 0 aliphatic carbocycles. The Hall–Kier alpha value is -3.17. The zero-order chi connectivity index (χ0) is 18.4. The van der Waals surface area contributed by atoms with Gasteiger partial charge >= 0.3 is 6.09 Å². The van der Waals surface area contributed by atoms with E-state index < -0.39 is 17.6 Å². The minimum absolute atomic E-state index is 0.0351. The van der Waals surface area contributed by atoms with Crippen LogP contribution in [0.4, 0.5) is 4.79 Å². The average Bonchev–Trinajstić information content (AvgIpc) is 2.98. The number of H-pyrrole nitrogens is 1. The molecule has 0 atom stereocenters. The quantitative estimate of drug-likeness (QED) is 0.717. The molecular weight excluding hydrogens is 330 g/mol. The summed E-state index contributed by atoms with van der Waals surface area (Å²) < 4.78 is 9.99. The second-order valence-electron chi connectivity index (χ2n) is 6.06. The number of alkyl carbamates (subject to hydrolysis) is 1. The Balaban J connectivity index is 1.82. The van der Waals surface area contributed by atoms with E-state index >= 15 is 0 Å². The SMILES string of the molecule is CC(C)(C)OC(=O)NCC(=O)NCc1nc(-c2ccc[nH]c2=O)no1. The fourth-order valence-corrected chi connectivity index (χ4v) is 1.74. The predicted molar refractivity (Wildman–Crippen MR) is 86.4 cm³/mol. The molecule has 0 saturated carbocycles. The van der Waals surface area contributed by atoms with Crippen LogP contribution in [0.5, 0.6) is 0 Å². The van der Waals surface area contributed by atoms with Gasteiger partial charge in [-0.25, -0.2) is 4.79 Å². The van der Waals surface area contributed by atoms with E-state index in [0.717, 1.165) is 0 Å². The van der Waals surface area contributed by atoms with E-state index in [4.69, 9.17) is 9.26 Å². The van der Waals surface area contributed by atoms with Crippen LogP contribution in [0.3, 0.4) is 0 Å². The molecular formula is C15H19N5O5. The molecule has 0 fully saturated rings. The van der Waals surface area contributed by atoms with Gasteiger partial charge in [0, 0.05) is 6.20 Å². The average molecular weight is 349 g/mol. The molecule has 3 N–H and O–H groups in total. The van der Waals surface area contributed by atoms with Crippen molar-refractivity contribution in [3.63, 3.8) is 0 Å². The zero-order valence-corrected chi connectivity index (χ0v) is 14.1. The van der Waals surface area contributed by atoms with Crippen LogP contribution in [0, 0.1) is 0 Å². The summed E-state index contributed by atoms with van der Waals surface area (Å²) in [7, 11) is 0. The summed E-state index contributed by atoms with van der Waals surface area (Å²) in [6.45, 7) is 4.87. The number of carbonyl (C=O) groups excluding carboxylic acids is 2. The Morgan fingerprint density at radius 2 is 2.08 bits per heavy atom. The van der Waals surface area contributed by atoms with E-state index in [1.807, 2.05) is 0 Å². The second-order valence-corrected chi connectivity index (χ2v) is 6.06. The van der Waals surface area contributed by atoms with Gasteiger partial charge in [0.25, 0.3) is 5.56 Å². The fraction of sp³-hybridized carbons (Fsp3) is 0.400. The first-order chi connectivity index (χ1) is 11.7. The summed E-state index contributed by atoms with van der Waals surface area (Å²) in [5.74, 6) is -0.204. The van der Waals surface area contributed by atoms with Crippen molar-refractivity contribution >= 4 is 12.0 Å². The van der Waals surface area contributed by atoms with Crippen LogP contribution in [0.1, 0.15) is 26.7 Å². The molecule has 2 heterocycles. The van der Waals surface area contributed by atoms with Gasteiger partial charge in [0.2, 0.25) is 17.6 Å². The smallest absolute Gasteiger partial charge is 0.408 e. The number of carbonyl (C=O) groups is 2. The maximum absolute atomic E-state index is 11.7. The molecule has 10 heteroatoms. The van der Waals surface area contributed by atoms with Crippen molar-refractivity contribution in [1.29, 1.82) is 0 Å². The number of amides is 2. The first-order valence-electron chi connectivity index (χ1n) is 7.49. The Kier molecular flexibility index (Phi) is 5.52. The highest BCUT2D eigenvalue weighted by Gasteiger charge is 2.17. The third-order valence-electron chi connectivity index (χ3n) is 2.76. The molecule has 10 nitrogen and oxygen atoms in total. The minimum Gasteiger partial charge on any atom is -0.444 e. The van der Waals surface area contributed by atoms with Gasteiger partial charge in [-0.3, -0.25) is 9.59 Å². The third-order valence-corrected chi connectivity index (χ3v) is 2.76. The minimum atomic E-state index is -0.689. The molecule has 0 aromatic carbocycles. The van der Waals surface area contributed by atoms with Crippen molar-refractivity contribution in [2.24, 2.45) is 0 Å². The summed E-state index contributed by atoms with van der Waals surface area (Å²) in [6.07, 6.45) is 0.802. The number of hydrogen-bond donors (Lipinski definition) is 3. The summed E-state index contributed by atoms with van der Waals surface area (Å²) in [6, 6.07) is 3.19. The Morgan fingerprint density at radius 3 is 2.76 bits per heavy atom. The van der Waals surface area contributed by atoms with Crippen molar-refractivity contribution < 1.29 is 18.8 Å². The first kappa shape index (κ1) is 18.2. The topological polar surface area (TPSA) is 139 Å². The van der Waals surface area contributed by atoms with E-state index in [2.05, 4.69) is 25.8 Å². The maximum atomic E-state index is 11.7. The van der Waals surface area contributed by atoms with Crippen molar-refractivity contribution in [2.75, 3.05) is 6.54 Å². The highest BCUT2D eigenvalue weighted by molar-refractivity contribution is 5.82. The Labute approximate surface area is 143 Å². The number of pyridine rings is 1. The van der Waals surface area contributed by atoms with Gasteiger partial charge < -0.3 is 24.9 Å². The van der Waals surface area contributed by atoms with Crippen LogP contribution in [0.15, 0.2) is 27.6 Å². The number of nitrogens with one attached hydrogen (secondary N) is 3. The molecule has 2 aromatic heterocycles. The summed E-state index contributed by atoms with van der Waals surface area (Å²) in [5.41, 5.74) is -0.730. The third kappa shape index (κ3) is 5.75. The summed E-state index contributed by atoms with van der Waals surface area (Å²) in [4.78, 5) is 41.3. The lowest BCUT2D eigenvalue weighted by Crippen LogP contribution is -2.39. The van der Waals surface area contributed by atoms with Crippen LogP contribution in [0.2, 0.25) is 0 Å². The van der Waals surface area contributed by atoms with Gasteiger partial charge in [-0.05, 0) is 32.9 Å². The van der Waals surface area contributed by atoms with Crippen LogP contribution in [0.25, 0.3) is 11.4 Å². The monoisotopic (exact) mass is 349 g/mol. The van der Waals surface area contributed by atoms with Gasteiger partial charge in [-0.1, -0.05) is 5.16 Å². The van der Waals surface area contributed by atoms with Crippen molar-refractivity contribution in [2.45, 2.75) is 32.9 Å². The maximum Gasteiger partial charge on any atom is 0.408 e. The van der Waals surface area contributed by atoms with Gasteiger partial charge in [0.05, 0.1) is 12.1 Å². The number of hydrogen-bond acceptors (Lipinski definition) is 7.